The molecule has 0 radical (unpaired) electrons. The molecule has 0 unspecified atom stereocenters. The summed E-state index contributed by atoms with van der Waals surface area (Å²) in [6, 6.07) is -0.383. The van der Waals surface area contributed by atoms with E-state index in [0.717, 1.165) is 6.42 Å². The quantitative estimate of drug-likeness (QED) is 0.749. The Labute approximate surface area is 87.6 Å². The fraction of sp³-hybridized carbons (Fsp3) is 0.909. The third kappa shape index (κ3) is 2.98. The molecule has 0 aliphatic rings. The second-order valence-electron chi connectivity index (χ2n) is 4.83. The zero-order chi connectivity index (χ0) is 11.5. The summed E-state index contributed by atoms with van der Waals surface area (Å²) in [5.74, 6) is 0.226. The summed E-state index contributed by atoms with van der Waals surface area (Å²) in [6.45, 7) is 10.1. The Morgan fingerprint density at radius 3 is 2.14 bits per heavy atom. The topological polar surface area (TPSA) is 46.3 Å². The molecule has 0 aromatic carbocycles. The van der Waals surface area contributed by atoms with Gasteiger partial charge in [-0.3, -0.25) is 4.79 Å². The first-order valence-corrected chi connectivity index (χ1v) is 5.27. The third-order valence-electron chi connectivity index (χ3n) is 3.11. The number of nitrogens with two attached hydrogens (primary N) is 1. The van der Waals surface area contributed by atoms with Gasteiger partial charge in [-0.05, 0) is 26.2 Å². The van der Waals surface area contributed by atoms with E-state index in [4.69, 9.17) is 5.73 Å². The predicted octanol–water partition coefficient (Wildman–Crippen LogP) is 1.62. The molecule has 3 heteroatoms. The maximum Gasteiger partial charge on any atom is 0.239 e. The van der Waals surface area contributed by atoms with Crippen molar-refractivity contribution in [2.45, 2.75) is 52.6 Å². The predicted molar refractivity (Wildman–Crippen MR) is 60.0 cm³/mol. The minimum Gasteiger partial charge on any atom is -0.339 e. The molecule has 0 bridgehead atoms. The number of carbonyl (C=O) groups is 1. The SMILES string of the molecule is CCC(C)(C)N(C)C(=O)[C@H](N)C(C)C. The van der Waals surface area contributed by atoms with Crippen LogP contribution in [0, 0.1) is 5.92 Å². The Morgan fingerprint density at radius 1 is 1.43 bits per heavy atom. The van der Waals surface area contributed by atoms with Crippen LogP contribution in [0.2, 0.25) is 0 Å². The van der Waals surface area contributed by atoms with Gasteiger partial charge in [0.05, 0.1) is 6.04 Å². The van der Waals surface area contributed by atoms with E-state index in [1.54, 1.807) is 4.90 Å². The van der Waals surface area contributed by atoms with Crippen LogP contribution in [-0.2, 0) is 4.79 Å². The minimum atomic E-state index is -0.383. The van der Waals surface area contributed by atoms with E-state index in [9.17, 15) is 4.79 Å². The number of carbonyl (C=O) groups excluding carboxylic acids is 1. The standard InChI is InChI=1S/C11H24N2O/c1-7-11(4,5)13(6)10(14)9(12)8(2)3/h8-9H,7,12H2,1-6H3/t9-/m1/s1. The van der Waals surface area contributed by atoms with E-state index in [0.29, 0.717) is 0 Å². The molecule has 0 spiro atoms. The lowest BCUT2D eigenvalue weighted by atomic mass is 9.96. The summed E-state index contributed by atoms with van der Waals surface area (Å²) in [5, 5.41) is 0. The minimum absolute atomic E-state index is 0.0341. The third-order valence-corrected chi connectivity index (χ3v) is 3.11. The monoisotopic (exact) mass is 200 g/mol. The van der Waals surface area contributed by atoms with E-state index in [1.165, 1.54) is 0 Å². The fourth-order valence-corrected chi connectivity index (χ4v) is 1.04. The Balaban J connectivity index is 4.55. The van der Waals surface area contributed by atoms with Gasteiger partial charge in [0.1, 0.15) is 0 Å². The summed E-state index contributed by atoms with van der Waals surface area (Å²) in [7, 11) is 1.83. The average molecular weight is 200 g/mol. The van der Waals surface area contributed by atoms with Gasteiger partial charge in [0.25, 0.3) is 0 Å². The van der Waals surface area contributed by atoms with Crippen molar-refractivity contribution in [3.05, 3.63) is 0 Å². The molecule has 0 fully saturated rings. The molecule has 0 aromatic heterocycles. The first kappa shape index (κ1) is 13.4. The highest BCUT2D eigenvalue weighted by Gasteiger charge is 2.30. The van der Waals surface area contributed by atoms with E-state index < -0.39 is 0 Å². The van der Waals surface area contributed by atoms with Crippen LogP contribution < -0.4 is 5.73 Å². The van der Waals surface area contributed by atoms with Gasteiger partial charge < -0.3 is 10.6 Å². The lowest BCUT2D eigenvalue weighted by Crippen LogP contribution is -2.52. The zero-order valence-corrected chi connectivity index (χ0v) is 10.3. The van der Waals surface area contributed by atoms with Crippen molar-refractivity contribution in [1.82, 2.24) is 4.90 Å². The lowest BCUT2D eigenvalue weighted by Gasteiger charge is -2.37. The zero-order valence-electron chi connectivity index (χ0n) is 10.3. The second-order valence-corrected chi connectivity index (χ2v) is 4.83. The second kappa shape index (κ2) is 4.78. The van der Waals surface area contributed by atoms with Gasteiger partial charge in [0.15, 0.2) is 0 Å². The summed E-state index contributed by atoms with van der Waals surface area (Å²) in [4.78, 5) is 13.7. The highest BCUT2D eigenvalue weighted by Crippen LogP contribution is 2.18. The molecule has 0 aromatic rings. The molecule has 0 rings (SSSR count). The van der Waals surface area contributed by atoms with Crippen LogP contribution >= 0.6 is 0 Å². The van der Waals surface area contributed by atoms with E-state index >= 15 is 0 Å². The number of hydrogen-bond donors (Lipinski definition) is 1. The van der Waals surface area contributed by atoms with Crippen molar-refractivity contribution >= 4 is 5.91 Å². The van der Waals surface area contributed by atoms with E-state index in [2.05, 4.69) is 20.8 Å². The highest BCUT2D eigenvalue weighted by atomic mass is 16.2. The normalized spacial score (nSPS) is 14.3. The van der Waals surface area contributed by atoms with E-state index in [-0.39, 0.29) is 23.4 Å². The Kier molecular flexibility index (Phi) is 4.59. The molecular formula is C11H24N2O. The number of rotatable bonds is 4. The molecule has 14 heavy (non-hydrogen) atoms. The number of amides is 1. The Hall–Kier alpha value is -0.570. The first-order valence-electron chi connectivity index (χ1n) is 5.27. The number of hydrogen-bond acceptors (Lipinski definition) is 2. The fourth-order valence-electron chi connectivity index (χ4n) is 1.04. The molecule has 0 aliphatic carbocycles. The summed E-state index contributed by atoms with van der Waals surface area (Å²) < 4.78 is 0. The highest BCUT2D eigenvalue weighted by molar-refractivity contribution is 5.82. The average Bonchev–Trinajstić information content (AvgIpc) is 2.14. The molecular weight excluding hydrogens is 176 g/mol. The van der Waals surface area contributed by atoms with Crippen LogP contribution in [0.3, 0.4) is 0 Å². The van der Waals surface area contributed by atoms with Crippen molar-refractivity contribution in [3.63, 3.8) is 0 Å². The van der Waals surface area contributed by atoms with Gasteiger partial charge in [-0.25, -0.2) is 0 Å². The molecule has 1 amide bonds. The van der Waals surface area contributed by atoms with Crippen LogP contribution in [0.25, 0.3) is 0 Å². The Morgan fingerprint density at radius 2 is 1.86 bits per heavy atom. The van der Waals surface area contributed by atoms with Crippen molar-refractivity contribution in [2.75, 3.05) is 7.05 Å². The van der Waals surface area contributed by atoms with Crippen LogP contribution in [0.15, 0.2) is 0 Å². The summed E-state index contributed by atoms with van der Waals surface area (Å²) in [6.07, 6.45) is 0.931. The van der Waals surface area contributed by atoms with Gasteiger partial charge >= 0.3 is 0 Å². The Bertz CT molecular complexity index is 199. The van der Waals surface area contributed by atoms with Crippen molar-refractivity contribution in [1.29, 1.82) is 0 Å². The number of nitrogens with zero attached hydrogens (tertiary/aromatic N) is 1. The molecule has 0 aliphatic heterocycles. The van der Waals surface area contributed by atoms with Crippen LogP contribution in [0.5, 0.6) is 0 Å². The van der Waals surface area contributed by atoms with E-state index in [1.807, 2.05) is 20.9 Å². The van der Waals surface area contributed by atoms with Gasteiger partial charge in [-0.1, -0.05) is 20.8 Å². The molecule has 0 saturated heterocycles. The van der Waals surface area contributed by atoms with Gasteiger partial charge in [-0.15, -0.1) is 0 Å². The van der Waals surface area contributed by atoms with Crippen LogP contribution in [0.4, 0.5) is 0 Å². The molecule has 2 N–H and O–H groups in total. The molecule has 0 saturated carbocycles. The van der Waals surface area contributed by atoms with Crippen molar-refractivity contribution in [2.24, 2.45) is 11.7 Å². The molecule has 0 heterocycles. The summed E-state index contributed by atoms with van der Waals surface area (Å²) in [5.41, 5.74) is 5.71. The molecule has 84 valence electrons. The van der Waals surface area contributed by atoms with Crippen LogP contribution in [-0.4, -0.2) is 29.4 Å². The maximum absolute atomic E-state index is 11.9. The molecule has 1 atom stereocenters. The maximum atomic E-state index is 11.9. The van der Waals surface area contributed by atoms with Gasteiger partial charge in [0, 0.05) is 12.6 Å². The largest absolute Gasteiger partial charge is 0.339 e. The molecule has 3 nitrogen and oxygen atoms in total. The van der Waals surface area contributed by atoms with Crippen molar-refractivity contribution in [3.8, 4) is 0 Å². The number of likely N-dealkylation sites (N-methyl/N-ethyl adjacent to an activating group) is 1. The van der Waals surface area contributed by atoms with Gasteiger partial charge in [0.2, 0.25) is 5.91 Å². The van der Waals surface area contributed by atoms with Gasteiger partial charge in [-0.2, -0.15) is 0 Å². The first-order chi connectivity index (χ1) is 6.24. The lowest BCUT2D eigenvalue weighted by molar-refractivity contribution is -0.137. The van der Waals surface area contributed by atoms with Crippen LogP contribution in [0.1, 0.15) is 41.0 Å². The smallest absolute Gasteiger partial charge is 0.239 e. The van der Waals surface area contributed by atoms with Crippen molar-refractivity contribution < 1.29 is 4.79 Å². The summed E-state index contributed by atoms with van der Waals surface area (Å²) >= 11 is 0.